The molecular weight excluding hydrogens is 242 g/mol. The molecule has 0 spiro atoms. The second kappa shape index (κ2) is 4.18. The SMILES string of the molecule is O=C(O)CC(N1C(=O)CCC1=O)S(=O)(=O)O. The van der Waals surface area contributed by atoms with E-state index in [1.165, 1.54) is 0 Å². The molecule has 1 unspecified atom stereocenters. The topological polar surface area (TPSA) is 129 Å². The standard InChI is InChI=1S/C7H9NO7S/c9-4-1-2-5(10)8(4)6(3-7(11)12)16(13,14)15/h6H,1-3H2,(H,11,12)(H,13,14,15). The Morgan fingerprint density at radius 2 is 1.75 bits per heavy atom. The van der Waals surface area contributed by atoms with Crippen LogP contribution in [0.1, 0.15) is 19.3 Å². The maximum atomic E-state index is 11.2. The molecule has 0 bridgehead atoms. The highest BCUT2D eigenvalue weighted by molar-refractivity contribution is 7.86. The van der Waals surface area contributed by atoms with Gasteiger partial charge in [0.05, 0.1) is 6.42 Å². The number of amides is 2. The van der Waals surface area contributed by atoms with Gasteiger partial charge in [0.25, 0.3) is 10.1 Å². The van der Waals surface area contributed by atoms with Gasteiger partial charge < -0.3 is 5.11 Å². The average molecular weight is 251 g/mol. The van der Waals surface area contributed by atoms with Crippen molar-refractivity contribution in [3.8, 4) is 0 Å². The fourth-order valence-electron chi connectivity index (χ4n) is 1.39. The number of hydrogen-bond acceptors (Lipinski definition) is 5. The molecule has 2 N–H and O–H groups in total. The van der Waals surface area contributed by atoms with E-state index in [-0.39, 0.29) is 12.8 Å². The van der Waals surface area contributed by atoms with Gasteiger partial charge in [-0.25, -0.2) is 0 Å². The Morgan fingerprint density at radius 3 is 2.06 bits per heavy atom. The summed E-state index contributed by atoms with van der Waals surface area (Å²) in [5.41, 5.74) is 0. The monoisotopic (exact) mass is 251 g/mol. The van der Waals surface area contributed by atoms with Crippen LogP contribution in [0.4, 0.5) is 0 Å². The lowest BCUT2D eigenvalue weighted by Crippen LogP contribution is -2.45. The van der Waals surface area contributed by atoms with Crippen molar-refractivity contribution in [3.05, 3.63) is 0 Å². The van der Waals surface area contributed by atoms with Crippen LogP contribution in [0.25, 0.3) is 0 Å². The molecule has 1 atom stereocenters. The smallest absolute Gasteiger partial charge is 0.306 e. The van der Waals surface area contributed by atoms with Crippen molar-refractivity contribution < 1.29 is 32.5 Å². The van der Waals surface area contributed by atoms with Crippen molar-refractivity contribution in [2.24, 2.45) is 0 Å². The zero-order valence-corrected chi connectivity index (χ0v) is 8.81. The summed E-state index contributed by atoms with van der Waals surface area (Å²) >= 11 is 0. The molecule has 0 aromatic carbocycles. The minimum Gasteiger partial charge on any atom is -0.481 e. The molecule has 90 valence electrons. The van der Waals surface area contributed by atoms with Gasteiger partial charge in [0.2, 0.25) is 11.8 Å². The lowest BCUT2D eigenvalue weighted by molar-refractivity contribution is -0.142. The molecule has 16 heavy (non-hydrogen) atoms. The van der Waals surface area contributed by atoms with Gasteiger partial charge in [-0.1, -0.05) is 0 Å². The lowest BCUT2D eigenvalue weighted by atomic mass is 10.4. The van der Waals surface area contributed by atoms with Crippen LogP contribution in [0.5, 0.6) is 0 Å². The Bertz CT molecular complexity index is 424. The first-order valence-corrected chi connectivity index (χ1v) is 5.77. The van der Waals surface area contributed by atoms with Crippen LogP contribution in [-0.4, -0.2) is 46.1 Å². The average Bonchev–Trinajstić information content (AvgIpc) is 2.41. The van der Waals surface area contributed by atoms with Gasteiger partial charge in [-0.2, -0.15) is 8.42 Å². The van der Waals surface area contributed by atoms with E-state index in [1.807, 2.05) is 0 Å². The molecule has 0 aromatic heterocycles. The van der Waals surface area contributed by atoms with Crippen molar-refractivity contribution >= 4 is 27.9 Å². The molecule has 8 nitrogen and oxygen atoms in total. The third-order valence-electron chi connectivity index (χ3n) is 2.07. The third kappa shape index (κ3) is 2.55. The van der Waals surface area contributed by atoms with Crippen LogP contribution < -0.4 is 0 Å². The summed E-state index contributed by atoms with van der Waals surface area (Å²) in [7, 11) is -4.81. The van der Waals surface area contributed by atoms with Crippen molar-refractivity contribution in [2.75, 3.05) is 0 Å². The molecule has 1 aliphatic heterocycles. The number of nitrogens with zero attached hydrogens (tertiary/aromatic N) is 1. The molecule has 0 aromatic rings. The predicted octanol–water partition coefficient (Wildman–Crippen LogP) is -1.18. The normalized spacial score (nSPS) is 18.9. The minimum absolute atomic E-state index is 0.176. The van der Waals surface area contributed by atoms with Gasteiger partial charge in [0.15, 0.2) is 5.37 Å². The van der Waals surface area contributed by atoms with E-state index in [9.17, 15) is 22.8 Å². The number of carbonyl (C=O) groups excluding carboxylic acids is 2. The van der Waals surface area contributed by atoms with E-state index in [1.54, 1.807) is 0 Å². The van der Waals surface area contributed by atoms with Gasteiger partial charge in [-0.05, 0) is 0 Å². The molecule has 0 saturated carbocycles. The summed E-state index contributed by atoms with van der Waals surface area (Å²) in [4.78, 5) is 33.1. The Balaban J connectivity index is 3.06. The molecule has 1 rings (SSSR count). The fraction of sp³-hybridized carbons (Fsp3) is 0.571. The first-order chi connectivity index (χ1) is 7.23. The van der Waals surface area contributed by atoms with Gasteiger partial charge in [-0.3, -0.25) is 23.8 Å². The van der Waals surface area contributed by atoms with E-state index >= 15 is 0 Å². The van der Waals surface area contributed by atoms with Crippen LogP contribution in [0.2, 0.25) is 0 Å². The number of aliphatic carboxylic acids is 1. The van der Waals surface area contributed by atoms with Crippen LogP contribution in [0.15, 0.2) is 0 Å². The number of carbonyl (C=O) groups is 3. The summed E-state index contributed by atoms with van der Waals surface area (Å²) < 4.78 is 30.6. The van der Waals surface area contributed by atoms with Crippen LogP contribution in [0, 0.1) is 0 Å². The quantitative estimate of drug-likeness (QED) is 0.475. The number of rotatable bonds is 4. The van der Waals surface area contributed by atoms with Crippen molar-refractivity contribution in [1.82, 2.24) is 4.90 Å². The van der Waals surface area contributed by atoms with Crippen LogP contribution in [-0.2, 0) is 24.5 Å². The number of imide groups is 1. The Kier molecular flexibility index (Phi) is 3.29. The number of carboxylic acid groups (broad SMARTS) is 1. The van der Waals surface area contributed by atoms with Gasteiger partial charge in [0, 0.05) is 12.8 Å². The maximum Gasteiger partial charge on any atom is 0.306 e. The molecular formula is C7H9NO7S. The second-order valence-corrected chi connectivity index (χ2v) is 4.80. The molecule has 1 heterocycles. The summed E-state index contributed by atoms with van der Waals surface area (Å²) in [6, 6.07) is 0. The molecule has 0 aliphatic carbocycles. The minimum atomic E-state index is -4.81. The lowest BCUT2D eigenvalue weighted by Gasteiger charge is -2.21. The molecule has 2 amide bonds. The number of hydrogen-bond donors (Lipinski definition) is 2. The fourth-order valence-corrected chi connectivity index (χ4v) is 2.25. The van der Waals surface area contributed by atoms with Gasteiger partial charge in [-0.15, -0.1) is 0 Å². The first-order valence-electron chi connectivity index (χ1n) is 4.26. The van der Waals surface area contributed by atoms with Crippen molar-refractivity contribution in [2.45, 2.75) is 24.6 Å². The summed E-state index contributed by atoms with van der Waals surface area (Å²) in [6.45, 7) is 0. The van der Waals surface area contributed by atoms with Crippen molar-refractivity contribution in [3.63, 3.8) is 0 Å². The summed E-state index contributed by atoms with van der Waals surface area (Å²) in [6.07, 6.45) is -1.38. The van der Waals surface area contributed by atoms with Crippen LogP contribution >= 0.6 is 0 Å². The second-order valence-electron chi connectivity index (χ2n) is 3.22. The Hall–Kier alpha value is -1.48. The number of likely N-dealkylation sites (tertiary alicyclic amines) is 1. The van der Waals surface area contributed by atoms with E-state index in [2.05, 4.69) is 0 Å². The Morgan fingerprint density at radius 1 is 1.31 bits per heavy atom. The zero-order chi connectivity index (χ0) is 12.5. The van der Waals surface area contributed by atoms with E-state index < -0.39 is 39.7 Å². The van der Waals surface area contributed by atoms with E-state index in [4.69, 9.17) is 9.66 Å². The van der Waals surface area contributed by atoms with Gasteiger partial charge in [0.1, 0.15) is 0 Å². The molecule has 9 heteroatoms. The van der Waals surface area contributed by atoms with Crippen LogP contribution in [0.3, 0.4) is 0 Å². The Labute approximate surface area is 90.6 Å². The summed E-state index contributed by atoms with van der Waals surface area (Å²) in [5.74, 6) is -3.13. The largest absolute Gasteiger partial charge is 0.481 e. The molecule has 1 fully saturated rings. The third-order valence-corrected chi connectivity index (χ3v) is 3.14. The highest BCUT2D eigenvalue weighted by Crippen LogP contribution is 2.20. The zero-order valence-electron chi connectivity index (χ0n) is 7.99. The maximum absolute atomic E-state index is 11.2. The molecule has 0 radical (unpaired) electrons. The molecule has 1 aliphatic rings. The predicted molar refractivity (Wildman–Crippen MR) is 48.7 cm³/mol. The van der Waals surface area contributed by atoms with E-state index in [0.717, 1.165) is 0 Å². The highest BCUT2D eigenvalue weighted by atomic mass is 32.2. The van der Waals surface area contributed by atoms with E-state index in [0.29, 0.717) is 4.90 Å². The van der Waals surface area contributed by atoms with Crippen molar-refractivity contribution in [1.29, 1.82) is 0 Å². The number of carboxylic acids is 1. The highest BCUT2D eigenvalue weighted by Gasteiger charge is 2.42. The van der Waals surface area contributed by atoms with Gasteiger partial charge >= 0.3 is 5.97 Å². The first kappa shape index (κ1) is 12.6. The summed E-state index contributed by atoms with van der Waals surface area (Å²) in [5, 5.41) is 6.42. The molecule has 1 saturated heterocycles.